The smallest absolute Gasteiger partial charge is 0.270 e. The van der Waals surface area contributed by atoms with Gasteiger partial charge in [-0.05, 0) is 84.2 Å². The van der Waals surface area contributed by atoms with Gasteiger partial charge in [0.2, 0.25) is 0 Å². The van der Waals surface area contributed by atoms with Crippen LogP contribution in [-0.4, -0.2) is 47.4 Å². The number of pyridine rings is 1. The molecule has 4 aromatic rings. The average Bonchev–Trinajstić information content (AvgIpc) is 3.63. The summed E-state index contributed by atoms with van der Waals surface area (Å²) < 4.78 is 20.1. The Labute approximate surface area is 283 Å². The van der Waals surface area contributed by atoms with Crippen molar-refractivity contribution >= 4 is 17.3 Å². The lowest BCUT2D eigenvalue weighted by molar-refractivity contribution is -0.125. The maximum Gasteiger partial charge on any atom is 0.270 e. The molecule has 0 spiro atoms. The van der Waals surface area contributed by atoms with Crippen LogP contribution in [0.5, 0.6) is 11.5 Å². The number of methoxy groups -OCH3 is 1. The molecule has 0 bridgehead atoms. The maximum atomic E-state index is 14.9. The molecule has 11 heteroatoms. The number of anilines is 1. The first kappa shape index (κ1) is 33.2. The van der Waals surface area contributed by atoms with Gasteiger partial charge in [-0.3, -0.25) is 10.0 Å². The van der Waals surface area contributed by atoms with Crippen molar-refractivity contribution in [3.8, 4) is 45.9 Å². The first-order valence-electron chi connectivity index (χ1n) is 16.1. The van der Waals surface area contributed by atoms with Gasteiger partial charge >= 0.3 is 0 Å². The largest absolute Gasteiger partial charge is 0.504 e. The molecule has 0 saturated carbocycles. The summed E-state index contributed by atoms with van der Waals surface area (Å²) in [5.41, 5.74) is 7.64. The van der Waals surface area contributed by atoms with E-state index < -0.39 is 11.7 Å². The van der Waals surface area contributed by atoms with Crippen LogP contribution >= 0.6 is 0 Å². The Morgan fingerprint density at radius 3 is 2.41 bits per heavy atom. The Morgan fingerprint density at radius 1 is 1.02 bits per heavy atom. The highest BCUT2D eigenvalue weighted by atomic mass is 19.1. The van der Waals surface area contributed by atoms with Crippen LogP contribution in [0.15, 0.2) is 72.4 Å². The van der Waals surface area contributed by atoms with Crippen LogP contribution in [0.3, 0.4) is 0 Å². The summed E-state index contributed by atoms with van der Waals surface area (Å²) in [7, 11) is 1.45. The number of nitriles is 2. The number of hydroxylamine groups is 1. The third kappa shape index (κ3) is 6.81. The van der Waals surface area contributed by atoms with Crippen molar-refractivity contribution in [3.63, 3.8) is 0 Å². The van der Waals surface area contributed by atoms with Gasteiger partial charge in [-0.15, -0.1) is 0 Å². The maximum absolute atomic E-state index is 14.9. The normalized spacial score (nSPS) is 14.8. The van der Waals surface area contributed by atoms with Crippen molar-refractivity contribution in [2.75, 3.05) is 25.1 Å². The second-order valence-electron chi connectivity index (χ2n) is 12.1. The van der Waals surface area contributed by atoms with Crippen molar-refractivity contribution in [1.29, 1.82) is 10.5 Å². The molecule has 0 unspecified atom stereocenters. The number of ether oxygens (including phenoxy) is 1. The van der Waals surface area contributed by atoms with E-state index in [1.54, 1.807) is 29.9 Å². The van der Waals surface area contributed by atoms with Gasteiger partial charge in [0.1, 0.15) is 29.3 Å². The predicted octanol–water partition coefficient (Wildman–Crippen LogP) is 6.21. The number of nitrogens with zero attached hydrogens (tertiary/aromatic N) is 4. The van der Waals surface area contributed by atoms with Gasteiger partial charge < -0.3 is 20.1 Å². The van der Waals surface area contributed by atoms with Crippen molar-refractivity contribution in [2.45, 2.75) is 44.7 Å². The summed E-state index contributed by atoms with van der Waals surface area (Å²) in [6, 6.07) is 21.7. The Kier molecular flexibility index (Phi) is 9.86. The van der Waals surface area contributed by atoms with Gasteiger partial charge in [-0.1, -0.05) is 36.4 Å². The van der Waals surface area contributed by atoms with E-state index in [1.165, 1.54) is 25.3 Å². The molecule has 1 aliphatic carbocycles. The summed E-state index contributed by atoms with van der Waals surface area (Å²) in [5.74, 6) is -0.430. The molecule has 1 aliphatic heterocycles. The summed E-state index contributed by atoms with van der Waals surface area (Å²) in [4.78, 5) is 18.8. The fourth-order valence-electron chi connectivity index (χ4n) is 6.75. The Morgan fingerprint density at radius 2 is 1.76 bits per heavy atom. The topological polar surface area (TPSA) is 155 Å². The second-order valence-corrected chi connectivity index (χ2v) is 12.1. The first-order valence-corrected chi connectivity index (χ1v) is 16.1. The van der Waals surface area contributed by atoms with E-state index in [1.807, 2.05) is 18.2 Å². The number of phenols is 1. The number of nitrogens with one attached hydrogen (secondary N) is 2. The fourth-order valence-corrected chi connectivity index (χ4v) is 6.75. The van der Waals surface area contributed by atoms with Crippen LogP contribution in [0.1, 0.15) is 54.4 Å². The lowest BCUT2D eigenvalue weighted by atomic mass is 9.91. The van der Waals surface area contributed by atoms with Crippen LogP contribution in [0.4, 0.5) is 10.2 Å². The third-order valence-electron chi connectivity index (χ3n) is 9.32. The minimum atomic E-state index is -0.693. The van der Waals surface area contributed by atoms with Crippen LogP contribution in [0, 0.1) is 28.5 Å². The van der Waals surface area contributed by atoms with Crippen molar-refractivity contribution < 1.29 is 24.2 Å². The molecule has 1 fully saturated rings. The third-order valence-corrected chi connectivity index (χ3v) is 9.32. The van der Waals surface area contributed by atoms with Gasteiger partial charge in [-0.25, -0.2) is 14.9 Å². The number of phenolic OH excluding ortho intramolecular Hbond substituents is 1. The Balaban J connectivity index is 1.20. The van der Waals surface area contributed by atoms with Crippen molar-refractivity contribution in [2.24, 2.45) is 0 Å². The van der Waals surface area contributed by atoms with E-state index in [2.05, 4.69) is 28.4 Å². The minimum absolute atomic E-state index is 0.0857. The van der Waals surface area contributed by atoms with Gasteiger partial charge in [-0.2, -0.15) is 10.5 Å². The number of hydrogen-bond donors (Lipinski definition) is 4. The van der Waals surface area contributed by atoms with E-state index in [0.717, 1.165) is 42.4 Å². The van der Waals surface area contributed by atoms with E-state index in [-0.39, 0.29) is 22.9 Å². The van der Waals surface area contributed by atoms with Crippen LogP contribution < -0.4 is 20.4 Å². The molecule has 248 valence electrons. The molecule has 2 heterocycles. The lowest BCUT2D eigenvalue weighted by Crippen LogP contribution is -2.42. The summed E-state index contributed by atoms with van der Waals surface area (Å²) >= 11 is 0. The number of carbonyl (C=O) groups excluding carboxylic acids is 1. The van der Waals surface area contributed by atoms with Crippen molar-refractivity contribution in [1.82, 2.24) is 15.8 Å². The predicted molar refractivity (Wildman–Crippen MR) is 182 cm³/mol. The van der Waals surface area contributed by atoms with Crippen molar-refractivity contribution in [3.05, 3.63) is 101 Å². The monoisotopic (exact) mass is 658 g/mol. The van der Waals surface area contributed by atoms with Gasteiger partial charge in [0.25, 0.3) is 5.91 Å². The molecular weight excluding hydrogens is 623 g/mol. The molecule has 1 amide bonds. The van der Waals surface area contributed by atoms with Gasteiger partial charge in [0, 0.05) is 48.6 Å². The highest BCUT2D eigenvalue weighted by Gasteiger charge is 2.27. The zero-order valence-electron chi connectivity index (χ0n) is 27.0. The van der Waals surface area contributed by atoms with Crippen LogP contribution in [0.2, 0.25) is 0 Å². The molecule has 10 nitrogen and oxygen atoms in total. The Hall–Kier alpha value is -5.75. The minimum Gasteiger partial charge on any atom is -0.504 e. The molecule has 0 atom stereocenters. The zero-order chi connectivity index (χ0) is 34.5. The number of hydrogen-bond acceptors (Lipinski definition) is 9. The summed E-state index contributed by atoms with van der Waals surface area (Å²) in [5, 5.41) is 43.0. The van der Waals surface area contributed by atoms with E-state index >= 15 is 0 Å². The highest BCUT2D eigenvalue weighted by Crippen LogP contribution is 2.41. The number of aromatic nitrogens is 1. The fraction of sp³-hybridized carbons (Fsp3) is 0.263. The van der Waals surface area contributed by atoms with Crippen LogP contribution in [0.25, 0.3) is 27.8 Å². The molecule has 4 N–H and O–H groups in total. The number of piperidine rings is 1. The van der Waals surface area contributed by atoms with E-state index in [4.69, 9.17) is 14.9 Å². The number of rotatable bonds is 9. The second kappa shape index (κ2) is 14.6. The van der Waals surface area contributed by atoms with Crippen LogP contribution in [-0.2, 0) is 11.3 Å². The SMILES string of the molecule is COc1ccc(-c2cnc(N3CCC(NCc4ccc(C5=C(C(=O)NO)CCC5)cc4)CC3)c(C#N)c2-c2ccc(C#N)c(F)c2)cc1O. The van der Waals surface area contributed by atoms with E-state index in [0.29, 0.717) is 65.4 Å². The molecule has 49 heavy (non-hydrogen) atoms. The highest BCUT2D eigenvalue weighted by molar-refractivity contribution is 6.01. The summed E-state index contributed by atoms with van der Waals surface area (Å²) in [6.07, 6.45) is 5.61. The molecule has 0 radical (unpaired) electrons. The molecule has 1 saturated heterocycles. The number of carbonyl (C=O) groups is 1. The average molecular weight is 659 g/mol. The number of benzene rings is 3. The molecule has 6 rings (SSSR count). The standard InChI is InChI=1S/C38H35FN6O4/c1-49-35-12-11-25(18-34(35)46)32-22-43-37(31(20-41)36(32)26-9-10-27(19-40)33(39)17-26)45-15-13-28(14-16-45)42-21-23-5-7-24(8-6-23)29-3-2-4-30(29)38(47)44-48/h5-12,17-18,22,28,42,46,48H,2-4,13-16,21H2,1H3,(H,44,47). The summed E-state index contributed by atoms with van der Waals surface area (Å²) in [6.45, 7) is 1.96. The molecular formula is C38H35FN6O4. The Bertz CT molecular complexity index is 2010. The quantitative estimate of drug-likeness (QED) is 0.121. The molecule has 2 aliphatic rings. The number of allylic oxidation sites excluding steroid dienone is 1. The number of aromatic hydroxyl groups is 1. The number of halogens is 1. The molecule has 3 aromatic carbocycles. The molecule has 1 aromatic heterocycles. The number of amides is 1. The zero-order valence-corrected chi connectivity index (χ0v) is 27.0. The first-order chi connectivity index (χ1) is 23.8. The lowest BCUT2D eigenvalue weighted by Gasteiger charge is -2.34. The van der Waals surface area contributed by atoms with Gasteiger partial charge in [0.15, 0.2) is 11.5 Å². The van der Waals surface area contributed by atoms with Gasteiger partial charge in [0.05, 0.1) is 12.7 Å². The van der Waals surface area contributed by atoms with E-state index in [9.17, 15) is 24.8 Å².